The van der Waals surface area contributed by atoms with Crippen LogP contribution in [0.3, 0.4) is 0 Å². The quantitative estimate of drug-likeness (QED) is 0.0348. The Balaban J connectivity index is 4.07. The maximum atomic E-state index is 12.5. The molecule has 0 heterocycles. The SMILES string of the molecule is CCCCCCCCCCCCCCCCC(=O)OC[C@@H](COC(=O)CCCCCCCCCCCCCCCCCC(C)C)OC(=O)CCCCCCC. The van der Waals surface area contributed by atoms with Gasteiger partial charge in [0, 0.05) is 19.3 Å². The molecule has 0 aromatic rings. The minimum atomic E-state index is -0.757. The Morgan fingerprint density at radius 1 is 0.345 bits per heavy atom. The molecule has 6 heteroatoms. The van der Waals surface area contributed by atoms with Gasteiger partial charge < -0.3 is 14.2 Å². The highest BCUT2D eigenvalue weighted by Gasteiger charge is 2.19. The summed E-state index contributed by atoms with van der Waals surface area (Å²) in [5.74, 6) is -0.0144. The van der Waals surface area contributed by atoms with Crippen LogP contribution in [0.2, 0.25) is 0 Å². The normalized spacial score (nSPS) is 11.9. The summed E-state index contributed by atoms with van der Waals surface area (Å²) in [6.45, 7) is 8.95. The maximum Gasteiger partial charge on any atom is 0.306 e. The van der Waals surface area contributed by atoms with Gasteiger partial charge in [0.05, 0.1) is 0 Å². The fourth-order valence-electron chi connectivity index (χ4n) is 7.33. The first-order chi connectivity index (χ1) is 26.9. The van der Waals surface area contributed by atoms with Crippen molar-refractivity contribution in [2.75, 3.05) is 13.2 Å². The van der Waals surface area contributed by atoms with Gasteiger partial charge in [0.2, 0.25) is 0 Å². The zero-order valence-electron chi connectivity index (χ0n) is 37.4. The molecule has 0 amide bonds. The number of hydrogen-bond acceptors (Lipinski definition) is 6. The topological polar surface area (TPSA) is 78.9 Å². The van der Waals surface area contributed by atoms with Crippen molar-refractivity contribution >= 4 is 17.9 Å². The van der Waals surface area contributed by atoms with Crippen LogP contribution in [0.25, 0.3) is 0 Å². The second kappa shape index (κ2) is 43.5. The molecule has 0 aromatic heterocycles. The summed E-state index contributed by atoms with van der Waals surface area (Å²) < 4.78 is 16.6. The fourth-order valence-corrected chi connectivity index (χ4v) is 7.33. The molecular weight excluding hydrogens is 685 g/mol. The molecule has 0 unspecified atom stereocenters. The van der Waals surface area contributed by atoms with E-state index in [0.29, 0.717) is 19.3 Å². The van der Waals surface area contributed by atoms with E-state index in [1.165, 1.54) is 161 Å². The Labute approximate surface area is 342 Å². The summed E-state index contributed by atoms with van der Waals surface area (Å²) in [4.78, 5) is 37.5. The number of unbranched alkanes of at least 4 members (excludes halogenated alkanes) is 31. The molecule has 0 aliphatic carbocycles. The van der Waals surface area contributed by atoms with Gasteiger partial charge in [0.25, 0.3) is 0 Å². The van der Waals surface area contributed by atoms with E-state index in [4.69, 9.17) is 14.2 Å². The van der Waals surface area contributed by atoms with Crippen LogP contribution in [0, 0.1) is 5.92 Å². The molecule has 0 aromatic carbocycles. The molecule has 0 radical (unpaired) electrons. The van der Waals surface area contributed by atoms with Crippen molar-refractivity contribution in [3.8, 4) is 0 Å². The van der Waals surface area contributed by atoms with E-state index in [9.17, 15) is 14.4 Å². The number of carbonyl (C=O) groups excluding carboxylic acids is 3. The van der Waals surface area contributed by atoms with Crippen molar-refractivity contribution in [1.82, 2.24) is 0 Å². The van der Waals surface area contributed by atoms with Crippen LogP contribution in [0.5, 0.6) is 0 Å². The third-order valence-corrected chi connectivity index (χ3v) is 11.0. The van der Waals surface area contributed by atoms with Crippen LogP contribution in [0.1, 0.15) is 272 Å². The minimum Gasteiger partial charge on any atom is -0.462 e. The second-order valence-corrected chi connectivity index (χ2v) is 17.2. The largest absolute Gasteiger partial charge is 0.462 e. The van der Waals surface area contributed by atoms with Crippen molar-refractivity contribution in [2.45, 2.75) is 278 Å². The molecule has 0 spiro atoms. The number of rotatable bonds is 44. The van der Waals surface area contributed by atoms with Crippen LogP contribution in [-0.2, 0) is 28.6 Å². The highest BCUT2D eigenvalue weighted by molar-refractivity contribution is 5.71. The molecule has 0 bridgehead atoms. The van der Waals surface area contributed by atoms with Gasteiger partial charge in [0.15, 0.2) is 6.10 Å². The molecule has 55 heavy (non-hydrogen) atoms. The van der Waals surface area contributed by atoms with Crippen molar-refractivity contribution in [2.24, 2.45) is 5.92 Å². The summed E-state index contributed by atoms with van der Waals surface area (Å²) in [5, 5.41) is 0. The predicted octanol–water partition coefficient (Wildman–Crippen LogP) is 15.5. The lowest BCUT2D eigenvalue weighted by Crippen LogP contribution is -2.30. The smallest absolute Gasteiger partial charge is 0.306 e. The lowest BCUT2D eigenvalue weighted by atomic mass is 10.0. The van der Waals surface area contributed by atoms with E-state index in [2.05, 4.69) is 27.7 Å². The Bertz CT molecular complexity index is 826. The summed E-state index contributed by atoms with van der Waals surface area (Å²) in [7, 11) is 0. The molecule has 0 N–H and O–H groups in total. The van der Waals surface area contributed by atoms with Crippen molar-refractivity contribution < 1.29 is 28.6 Å². The van der Waals surface area contributed by atoms with Crippen molar-refractivity contribution in [3.63, 3.8) is 0 Å². The average molecular weight is 779 g/mol. The predicted molar refractivity (Wildman–Crippen MR) is 233 cm³/mol. The highest BCUT2D eigenvalue weighted by Crippen LogP contribution is 2.17. The van der Waals surface area contributed by atoms with Crippen LogP contribution in [-0.4, -0.2) is 37.2 Å². The molecule has 326 valence electrons. The summed E-state index contributed by atoms with van der Waals surface area (Å²) >= 11 is 0. The molecule has 0 rings (SSSR count). The molecule has 0 fully saturated rings. The average Bonchev–Trinajstić information content (AvgIpc) is 3.17. The van der Waals surface area contributed by atoms with Crippen LogP contribution in [0.15, 0.2) is 0 Å². The molecular formula is C49H94O6. The number of esters is 3. The third-order valence-electron chi connectivity index (χ3n) is 11.0. The van der Waals surface area contributed by atoms with Gasteiger partial charge in [-0.25, -0.2) is 0 Å². The van der Waals surface area contributed by atoms with Crippen LogP contribution >= 0.6 is 0 Å². The molecule has 6 nitrogen and oxygen atoms in total. The zero-order chi connectivity index (χ0) is 40.3. The van der Waals surface area contributed by atoms with Gasteiger partial charge in [-0.1, -0.05) is 233 Å². The Kier molecular flexibility index (Phi) is 42.3. The number of hydrogen-bond donors (Lipinski definition) is 0. The first-order valence-electron chi connectivity index (χ1n) is 24.4. The van der Waals surface area contributed by atoms with E-state index < -0.39 is 6.10 Å². The summed E-state index contributed by atoms with van der Waals surface area (Å²) in [6, 6.07) is 0. The van der Waals surface area contributed by atoms with Gasteiger partial charge in [-0.2, -0.15) is 0 Å². The van der Waals surface area contributed by atoms with Crippen molar-refractivity contribution in [1.29, 1.82) is 0 Å². The summed E-state index contributed by atoms with van der Waals surface area (Å²) in [5.41, 5.74) is 0. The third kappa shape index (κ3) is 43.4. The van der Waals surface area contributed by atoms with E-state index in [1.54, 1.807) is 0 Å². The maximum absolute atomic E-state index is 12.5. The first-order valence-corrected chi connectivity index (χ1v) is 24.4. The standard InChI is InChI=1S/C49H94O6/c1-5-7-9-11-12-13-14-15-20-23-26-29-33-36-40-47(50)53-43-46(55-49(52)42-38-31-10-8-6-2)44-54-48(51)41-37-34-30-27-24-21-18-16-17-19-22-25-28-32-35-39-45(3)4/h45-46H,5-44H2,1-4H3/t46-/m0/s1. The lowest BCUT2D eigenvalue weighted by molar-refractivity contribution is -0.167. The first kappa shape index (κ1) is 53.4. The van der Waals surface area contributed by atoms with Crippen molar-refractivity contribution in [3.05, 3.63) is 0 Å². The van der Waals surface area contributed by atoms with Crippen LogP contribution in [0.4, 0.5) is 0 Å². The van der Waals surface area contributed by atoms with Gasteiger partial charge in [-0.05, 0) is 25.2 Å². The Hall–Kier alpha value is -1.59. The monoisotopic (exact) mass is 779 g/mol. The van der Waals surface area contributed by atoms with Gasteiger partial charge in [0.1, 0.15) is 13.2 Å². The fraction of sp³-hybridized carbons (Fsp3) is 0.939. The van der Waals surface area contributed by atoms with E-state index in [1.807, 2.05) is 0 Å². The van der Waals surface area contributed by atoms with E-state index >= 15 is 0 Å². The molecule has 0 saturated heterocycles. The number of ether oxygens (including phenoxy) is 3. The molecule has 0 aliphatic heterocycles. The second-order valence-electron chi connectivity index (χ2n) is 17.2. The summed E-state index contributed by atoms with van der Waals surface area (Å²) in [6.07, 6.45) is 44.1. The van der Waals surface area contributed by atoms with E-state index in [-0.39, 0.29) is 31.1 Å². The van der Waals surface area contributed by atoms with E-state index in [0.717, 1.165) is 70.1 Å². The van der Waals surface area contributed by atoms with Gasteiger partial charge in [-0.15, -0.1) is 0 Å². The Morgan fingerprint density at radius 3 is 0.891 bits per heavy atom. The lowest BCUT2D eigenvalue weighted by Gasteiger charge is -2.18. The van der Waals surface area contributed by atoms with Crippen LogP contribution < -0.4 is 0 Å². The minimum absolute atomic E-state index is 0.0646. The zero-order valence-corrected chi connectivity index (χ0v) is 37.4. The highest BCUT2D eigenvalue weighted by atomic mass is 16.6. The van der Waals surface area contributed by atoms with Gasteiger partial charge >= 0.3 is 17.9 Å². The molecule has 0 aliphatic rings. The molecule has 1 atom stereocenters. The van der Waals surface area contributed by atoms with Gasteiger partial charge in [-0.3, -0.25) is 14.4 Å². The molecule has 0 saturated carbocycles. The number of carbonyl (C=O) groups is 3. The Morgan fingerprint density at radius 2 is 0.600 bits per heavy atom.